The Hall–Kier alpha value is -0.570. The molecular formula is C10H20N2O. The third kappa shape index (κ3) is 2.44. The lowest BCUT2D eigenvalue weighted by Gasteiger charge is -2.41. The quantitative estimate of drug-likeness (QED) is 0.605. The van der Waals surface area contributed by atoms with Crippen molar-refractivity contribution in [3.8, 4) is 0 Å². The Morgan fingerprint density at radius 3 is 2.38 bits per heavy atom. The van der Waals surface area contributed by atoms with E-state index >= 15 is 0 Å². The Morgan fingerprint density at radius 1 is 1.38 bits per heavy atom. The third-order valence-corrected chi connectivity index (χ3v) is 2.79. The van der Waals surface area contributed by atoms with Crippen molar-refractivity contribution >= 4 is 5.91 Å². The van der Waals surface area contributed by atoms with Gasteiger partial charge in [0.05, 0.1) is 0 Å². The van der Waals surface area contributed by atoms with E-state index in [1.165, 1.54) is 0 Å². The number of hydrogen-bond acceptors (Lipinski definition) is 2. The molecule has 0 aromatic carbocycles. The second-order valence-electron chi connectivity index (χ2n) is 4.15. The van der Waals surface area contributed by atoms with E-state index in [2.05, 4.69) is 25.7 Å². The summed E-state index contributed by atoms with van der Waals surface area (Å²) in [6, 6.07) is 1.08. The van der Waals surface area contributed by atoms with Gasteiger partial charge in [0.15, 0.2) is 0 Å². The zero-order valence-electron chi connectivity index (χ0n) is 9.08. The smallest absolute Gasteiger partial charge is 0.219 e. The van der Waals surface area contributed by atoms with Crippen LogP contribution in [0.1, 0.15) is 27.7 Å². The summed E-state index contributed by atoms with van der Waals surface area (Å²) in [6.07, 6.45) is 0. The number of piperazine rings is 1. The molecule has 1 heterocycles. The van der Waals surface area contributed by atoms with Crippen molar-refractivity contribution in [3.05, 3.63) is 0 Å². The standard InChI is InChI=1S/C10H20N2O/c1-8(2)12-6-5-11(10(4)13)7-9(12)3/h8-9H,5-7H2,1-4H3. The SMILES string of the molecule is CC(=O)N1CCN(C(C)C)C(C)C1. The fourth-order valence-electron chi connectivity index (χ4n) is 2.02. The second kappa shape index (κ2) is 4.09. The van der Waals surface area contributed by atoms with Gasteiger partial charge in [0, 0.05) is 38.6 Å². The molecule has 0 saturated carbocycles. The van der Waals surface area contributed by atoms with Crippen LogP contribution >= 0.6 is 0 Å². The molecule has 1 unspecified atom stereocenters. The van der Waals surface area contributed by atoms with Crippen molar-refractivity contribution in [2.75, 3.05) is 19.6 Å². The number of carbonyl (C=O) groups excluding carboxylic acids is 1. The van der Waals surface area contributed by atoms with Crippen LogP contribution in [-0.2, 0) is 4.79 Å². The number of amides is 1. The minimum atomic E-state index is 0.204. The zero-order valence-corrected chi connectivity index (χ0v) is 9.08. The van der Waals surface area contributed by atoms with E-state index in [1.54, 1.807) is 6.92 Å². The van der Waals surface area contributed by atoms with Crippen molar-refractivity contribution in [1.29, 1.82) is 0 Å². The van der Waals surface area contributed by atoms with Crippen LogP contribution in [0.15, 0.2) is 0 Å². The Bertz CT molecular complexity index is 191. The van der Waals surface area contributed by atoms with Crippen LogP contribution in [0.4, 0.5) is 0 Å². The first-order valence-corrected chi connectivity index (χ1v) is 5.03. The normalized spacial score (nSPS) is 25.3. The molecule has 0 radical (unpaired) electrons. The summed E-state index contributed by atoms with van der Waals surface area (Å²) in [5, 5.41) is 0. The molecule has 0 aromatic heterocycles. The predicted molar refractivity (Wildman–Crippen MR) is 53.6 cm³/mol. The molecule has 1 rings (SSSR count). The van der Waals surface area contributed by atoms with E-state index in [9.17, 15) is 4.79 Å². The van der Waals surface area contributed by atoms with Gasteiger partial charge in [0.1, 0.15) is 0 Å². The Kier molecular flexibility index (Phi) is 3.31. The number of hydrogen-bond donors (Lipinski definition) is 0. The van der Waals surface area contributed by atoms with Gasteiger partial charge in [0.2, 0.25) is 5.91 Å². The van der Waals surface area contributed by atoms with Gasteiger partial charge in [-0.2, -0.15) is 0 Å². The molecule has 1 fully saturated rings. The maximum atomic E-state index is 11.1. The second-order valence-corrected chi connectivity index (χ2v) is 4.15. The van der Waals surface area contributed by atoms with E-state index in [4.69, 9.17) is 0 Å². The first-order valence-electron chi connectivity index (χ1n) is 5.03. The van der Waals surface area contributed by atoms with E-state index in [1.807, 2.05) is 4.90 Å². The predicted octanol–water partition coefficient (Wildman–Crippen LogP) is 0.947. The third-order valence-electron chi connectivity index (χ3n) is 2.79. The summed E-state index contributed by atoms with van der Waals surface area (Å²) in [5.74, 6) is 0.204. The summed E-state index contributed by atoms with van der Waals surface area (Å²) in [4.78, 5) is 15.5. The molecule has 13 heavy (non-hydrogen) atoms. The average Bonchev–Trinajstić information content (AvgIpc) is 2.03. The average molecular weight is 184 g/mol. The molecule has 1 amide bonds. The van der Waals surface area contributed by atoms with Crippen molar-refractivity contribution in [1.82, 2.24) is 9.80 Å². The van der Waals surface area contributed by atoms with Gasteiger partial charge in [-0.3, -0.25) is 9.69 Å². The molecule has 0 spiro atoms. The van der Waals surface area contributed by atoms with Crippen molar-refractivity contribution in [2.45, 2.75) is 39.8 Å². The molecule has 1 aliphatic heterocycles. The highest BCUT2D eigenvalue weighted by atomic mass is 16.2. The van der Waals surface area contributed by atoms with Gasteiger partial charge in [-0.25, -0.2) is 0 Å². The van der Waals surface area contributed by atoms with Crippen LogP contribution in [0, 0.1) is 0 Å². The Morgan fingerprint density at radius 2 is 2.00 bits per heavy atom. The van der Waals surface area contributed by atoms with E-state index in [0.717, 1.165) is 19.6 Å². The molecule has 0 N–H and O–H groups in total. The first-order chi connectivity index (χ1) is 6.02. The molecule has 0 aromatic rings. The largest absolute Gasteiger partial charge is 0.340 e. The van der Waals surface area contributed by atoms with Crippen molar-refractivity contribution in [2.24, 2.45) is 0 Å². The summed E-state index contributed by atoms with van der Waals surface area (Å²) in [5.41, 5.74) is 0. The van der Waals surface area contributed by atoms with Gasteiger partial charge in [-0.1, -0.05) is 0 Å². The lowest BCUT2D eigenvalue weighted by molar-refractivity contribution is -0.132. The molecule has 1 aliphatic rings. The van der Waals surface area contributed by atoms with Gasteiger partial charge < -0.3 is 4.90 Å². The van der Waals surface area contributed by atoms with Gasteiger partial charge in [-0.05, 0) is 20.8 Å². The van der Waals surface area contributed by atoms with Gasteiger partial charge in [-0.15, -0.1) is 0 Å². The fourth-order valence-corrected chi connectivity index (χ4v) is 2.02. The van der Waals surface area contributed by atoms with Crippen molar-refractivity contribution in [3.63, 3.8) is 0 Å². The first kappa shape index (κ1) is 10.5. The highest BCUT2D eigenvalue weighted by Crippen LogP contribution is 2.12. The molecule has 76 valence electrons. The van der Waals surface area contributed by atoms with E-state index in [0.29, 0.717) is 12.1 Å². The summed E-state index contributed by atoms with van der Waals surface area (Å²) in [6.45, 7) is 11.0. The van der Waals surface area contributed by atoms with Crippen LogP contribution in [0.5, 0.6) is 0 Å². The molecular weight excluding hydrogens is 164 g/mol. The maximum Gasteiger partial charge on any atom is 0.219 e. The van der Waals surface area contributed by atoms with Crippen LogP contribution < -0.4 is 0 Å². The molecule has 3 heteroatoms. The molecule has 1 atom stereocenters. The summed E-state index contributed by atoms with van der Waals surface area (Å²) < 4.78 is 0. The van der Waals surface area contributed by atoms with Gasteiger partial charge in [0.25, 0.3) is 0 Å². The molecule has 0 aliphatic carbocycles. The van der Waals surface area contributed by atoms with Crippen LogP contribution in [0.2, 0.25) is 0 Å². The molecule has 3 nitrogen and oxygen atoms in total. The Labute approximate surface area is 80.7 Å². The lowest BCUT2D eigenvalue weighted by atomic mass is 10.1. The van der Waals surface area contributed by atoms with E-state index < -0.39 is 0 Å². The fraction of sp³-hybridized carbons (Fsp3) is 0.900. The summed E-state index contributed by atoms with van der Waals surface area (Å²) in [7, 11) is 0. The maximum absolute atomic E-state index is 11.1. The highest BCUT2D eigenvalue weighted by molar-refractivity contribution is 5.73. The summed E-state index contributed by atoms with van der Waals surface area (Å²) >= 11 is 0. The number of carbonyl (C=O) groups is 1. The van der Waals surface area contributed by atoms with Crippen molar-refractivity contribution < 1.29 is 4.79 Å². The monoisotopic (exact) mass is 184 g/mol. The van der Waals surface area contributed by atoms with Crippen LogP contribution in [0.25, 0.3) is 0 Å². The van der Waals surface area contributed by atoms with Gasteiger partial charge >= 0.3 is 0 Å². The topological polar surface area (TPSA) is 23.6 Å². The molecule has 1 saturated heterocycles. The molecule has 0 bridgehead atoms. The van der Waals surface area contributed by atoms with E-state index in [-0.39, 0.29) is 5.91 Å². The minimum Gasteiger partial charge on any atom is -0.340 e. The zero-order chi connectivity index (χ0) is 10.0. The Balaban J connectivity index is 2.51. The lowest BCUT2D eigenvalue weighted by Crippen LogP contribution is -2.55. The van der Waals surface area contributed by atoms with Crippen LogP contribution in [-0.4, -0.2) is 47.4 Å². The van der Waals surface area contributed by atoms with Crippen LogP contribution in [0.3, 0.4) is 0 Å². The highest BCUT2D eigenvalue weighted by Gasteiger charge is 2.26. The number of rotatable bonds is 1. The minimum absolute atomic E-state index is 0.204. The number of nitrogens with zero attached hydrogens (tertiary/aromatic N) is 2.